The molecule has 6 rings (SSSR count). The topological polar surface area (TPSA) is 54.3 Å². The highest BCUT2D eigenvalue weighted by atomic mass is 32.1. The summed E-state index contributed by atoms with van der Waals surface area (Å²) >= 11 is 1.74. The minimum Gasteiger partial charge on any atom is -0.351 e. The Hall–Kier alpha value is -3.38. The van der Waals surface area contributed by atoms with E-state index < -0.39 is 5.54 Å². The van der Waals surface area contributed by atoms with Crippen molar-refractivity contribution in [3.05, 3.63) is 94.5 Å². The lowest BCUT2D eigenvalue weighted by Gasteiger charge is -2.49. The van der Waals surface area contributed by atoms with Crippen molar-refractivity contribution in [3.63, 3.8) is 0 Å². The first-order valence-electron chi connectivity index (χ1n) is 14.9. The van der Waals surface area contributed by atoms with Crippen LogP contribution in [0.1, 0.15) is 91.3 Å². The molecule has 1 aliphatic carbocycles. The van der Waals surface area contributed by atoms with Gasteiger partial charge in [0.15, 0.2) is 5.54 Å². The van der Waals surface area contributed by atoms with Gasteiger partial charge in [-0.25, -0.2) is 0 Å². The molecule has 0 bridgehead atoms. The number of nitrogens with one attached hydrogen (secondary N) is 1. The van der Waals surface area contributed by atoms with Crippen molar-refractivity contribution in [2.45, 2.75) is 89.4 Å². The molecule has 2 amide bonds. The summed E-state index contributed by atoms with van der Waals surface area (Å²) in [5, 5.41) is 3.50. The maximum absolute atomic E-state index is 14.9. The molecule has 0 saturated heterocycles. The highest BCUT2D eigenvalue weighted by Gasteiger charge is 2.54. The van der Waals surface area contributed by atoms with Gasteiger partial charge in [0.05, 0.1) is 22.8 Å². The van der Waals surface area contributed by atoms with Crippen molar-refractivity contribution < 1.29 is 9.59 Å². The molecule has 40 heavy (non-hydrogen) atoms. The number of rotatable bonds is 6. The number of benzene rings is 2. The zero-order chi connectivity index (χ0) is 27.7. The predicted molar refractivity (Wildman–Crippen MR) is 163 cm³/mol. The molecule has 0 radical (unpaired) electrons. The molecule has 0 spiro atoms. The van der Waals surface area contributed by atoms with Gasteiger partial charge < -0.3 is 14.8 Å². The molecule has 1 N–H and O–H groups in total. The standard InChI is InChI=1S/C34H39N3O2S/c1-3-28-21-29-31(40-28)22-30-32(38)37(24(2)25-15-9-7-10-16-25)34(23-36(29)30,26-17-11-8-12-18-26)33(39)35-27-19-13-5-4-6-14-20-27/h7-12,15-18,21-22,24,27H,3-6,13-14,19-20,23H2,1-2H3,(H,35,39)/t24-,34+/m1/s1. The van der Waals surface area contributed by atoms with Crippen LogP contribution >= 0.6 is 11.3 Å². The molecule has 6 heteroatoms. The van der Waals surface area contributed by atoms with Gasteiger partial charge in [-0.3, -0.25) is 9.59 Å². The van der Waals surface area contributed by atoms with Crippen molar-refractivity contribution in [2.75, 3.05) is 0 Å². The second-order valence-electron chi connectivity index (χ2n) is 11.4. The average Bonchev–Trinajstić information content (AvgIpc) is 3.53. The molecular formula is C34H39N3O2S. The monoisotopic (exact) mass is 553 g/mol. The van der Waals surface area contributed by atoms with E-state index in [0.717, 1.165) is 53.4 Å². The third kappa shape index (κ3) is 4.66. The fraction of sp³-hybridized carbons (Fsp3) is 0.412. The van der Waals surface area contributed by atoms with Gasteiger partial charge in [-0.1, -0.05) is 99.7 Å². The first-order valence-corrected chi connectivity index (χ1v) is 15.7. The van der Waals surface area contributed by atoms with Crippen molar-refractivity contribution in [1.29, 1.82) is 0 Å². The van der Waals surface area contributed by atoms with Gasteiger partial charge in [-0.15, -0.1) is 11.3 Å². The Morgan fingerprint density at radius 2 is 1.62 bits per heavy atom. The van der Waals surface area contributed by atoms with Crippen LogP contribution in [0.3, 0.4) is 0 Å². The minimum absolute atomic E-state index is 0.0705. The smallest absolute Gasteiger partial charge is 0.272 e. The SMILES string of the molecule is CCc1cc2c(cc3n2C[C@@](C(=O)NC2CCCCCCC2)(c2ccccc2)N([C@H](C)c2ccccc2)C3=O)s1. The molecule has 2 aromatic carbocycles. The van der Waals surface area contributed by atoms with Crippen LogP contribution in [0, 0.1) is 0 Å². The summed E-state index contributed by atoms with van der Waals surface area (Å²) in [5.41, 5.74) is 2.40. The fourth-order valence-corrected chi connectivity index (χ4v) is 7.81. The highest BCUT2D eigenvalue weighted by Crippen LogP contribution is 2.45. The number of aromatic nitrogens is 1. The van der Waals surface area contributed by atoms with Gasteiger partial charge >= 0.3 is 0 Å². The van der Waals surface area contributed by atoms with E-state index in [4.69, 9.17) is 0 Å². The number of carbonyl (C=O) groups is 2. The van der Waals surface area contributed by atoms with Crippen LogP contribution in [-0.2, 0) is 23.3 Å². The number of fused-ring (bicyclic) bond motifs is 3. The van der Waals surface area contributed by atoms with Gasteiger partial charge in [0.2, 0.25) is 0 Å². The van der Waals surface area contributed by atoms with E-state index in [0.29, 0.717) is 12.2 Å². The second kappa shape index (κ2) is 11.2. The Balaban J connectivity index is 1.53. The molecule has 2 aromatic heterocycles. The highest BCUT2D eigenvalue weighted by molar-refractivity contribution is 7.19. The molecule has 0 unspecified atom stereocenters. The lowest BCUT2D eigenvalue weighted by atomic mass is 9.82. The number of thiophene rings is 1. The third-order valence-electron chi connectivity index (χ3n) is 8.96. The molecule has 208 valence electrons. The summed E-state index contributed by atoms with van der Waals surface area (Å²) < 4.78 is 3.23. The second-order valence-corrected chi connectivity index (χ2v) is 12.6. The van der Waals surface area contributed by atoms with E-state index in [9.17, 15) is 9.59 Å². The molecule has 3 heterocycles. The van der Waals surface area contributed by atoms with E-state index >= 15 is 0 Å². The van der Waals surface area contributed by atoms with Gasteiger partial charge in [0, 0.05) is 10.9 Å². The molecule has 2 atom stereocenters. The van der Waals surface area contributed by atoms with E-state index in [1.54, 1.807) is 11.3 Å². The number of amides is 2. The third-order valence-corrected chi connectivity index (χ3v) is 10.2. The largest absolute Gasteiger partial charge is 0.351 e. The number of hydrogen-bond acceptors (Lipinski definition) is 3. The summed E-state index contributed by atoms with van der Waals surface area (Å²) in [4.78, 5) is 32.7. The average molecular weight is 554 g/mol. The maximum atomic E-state index is 14.9. The zero-order valence-electron chi connectivity index (χ0n) is 23.6. The molecule has 5 nitrogen and oxygen atoms in total. The lowest BCUT2D eigenvalue weighted by Crippen LogP contribution is -2.64. The maximum Gasteiger partial charge on any atom is 0.272 e. The number of aryl methyl sites for hydroxylation is 1. The quantitative estimate of drug-likeness (QED) is 0.267. The summed E-state index contributed by atoms with van der Waals surface area (Å²) in [5.74, 6) is -0.167. The van der Waals surface area contributed by atoms with Crippen LogP contribution in [-0.4, -0.2) is 27.3 Å². The van der Waals surface area contributed by atoms with Crippen LogP contribution in [0.5, 0.6) is 0 Å². The van der Waals surface area contributed by atoms with E-state index in [-0.39, 0.29) is 23.9 Å². The Morgan fingerprint density at radius 1 is 0.975 bits per heavy atom. The first kappa shape index (κ1) is 26.8. The number of carbonyl (C=O) groups excluding carboxylic acids is 2. The Bertz CT molecular complexity index is 1480. The minimum atomic E-state index is -1.19. The molecule has 1 saturated carbocycles. The summed E-state index contributed by atoms with van der Waals surface area (Å²) in [7, 11) is 0. The van der Waals surface area contributed by atoms with E-state index in [1.165, 1.54) is 24.1 Å². The fourth-order valence-electron chi connectivity index (χ4n) is 6.77. The predicted octanol–water partition coefficient (Wildman–Crippen LogP) is 7.61. The summed E-state index contributed by atoms with van der Waals surface area (Å²) in [6.45, 7) is 4.61. The molecule has 1 fully saturated rings. The lowest BCUT2D eigenvalue weighted by molar-refractivity contribution is -0.137. The van der Waals surface area contributed by atoms with Gasteiger partial charge in [-0.2, -0.15) is 0 Å². The molecule has 4 aromatic rings. The van der Waals surface area contributed by atoms with Gasteiger partial charge in [0.25, 0.3) is 11.8 Å². The summed E-state index contributed by atoms with van der Waals surface area (Å²) in [6.07, 6.45) is 8.89. The molecule has 2 aliphatic rings. The van der Waals surface area contributed by atoms with E-state index in [1.807, 2.05) is 59.5 Å². The Morgan fingerprint density at radius 3 is 2.30 bits per heavy atom. The van der Waals surface area contributed by atoms with Crippen molar-refractivity contribution >= 4 is 33.4 Å². The first-order chi connectivity index (χ1) is 19.5. The molecule has 1 aliphatic heterocycles. The van der Waals surface area contributed by atoms with Crippen molar-refractivity contribution in [2.24, 2.45) is 0 Å². The Labute approximate surface area is 241 Å². The van der Waals surface area contributed by atoms with Crippen LogP contribution in [0.2, 0.25) is 0 Å². The van der Waals surface area contributed by atoms with Crippen molar-refractivity contribution in [1.82, 2.24) is 14.8 Å². The number of nitrogens with zero attached hydrogens (tertiary/aromatic N) is 2. The Kier molecular flexibility index (Phi) is 7.54. The normalized spacial score (nSPS) is 21.1. The number of hydrogen-bond donors (Lipinski definition) is 1. The van der Waals surface area contributed by atoms with Crippen LogP contribution < -0.4 is 5.32 Å². The molecular weight excluding hydrogens is 514 g/mol. The van der Waals surface area contributed by atoms with Gasteiger partial charge in [0.1, 0.15) is 5.69 Å². The van der Waals surface area contributed by atoms with E-state index in [2.05, 4.69) is 41.9 Å². The zero-order valence-corrected chi connectivity index (χ0v) is 24.4. The van der Waals surface area contributed by atoms with Gasteiger partial charge in [-0.05, 0) is 49.4 Å². The van der Waals surface area contributed by atoms with Crippen LogP contribution in [0.15, 0.2) is 72.8 Å². The van der Waals surface area contributed by atoms with Crippen LogP contribution in [0.25, 0.3) is 10.2 Å². The summed E-state index contributed by atoms with van der Waals surface area (Å²) in [6, 6.07) is 24.2. The van der Waals surface area contributed by atoms with Crippen LogP contribution in [0.4, 0.5) is 0 Å². The van der Waals surface area contributed by atoms with Crippen molar-refractivity contribution in [3.8, 4) is 0 Å².